The van der Waals surface area contributed by atoms with E-state index in [1.807, 2.05) is 6.92 Å². The van der Waals surface area contributed by atoms with Crippen LogP contribution < -0.4 is 4.74 Å². The summed E-state index contributed by atoms with van der Waals surface area (Å²) < 4.78 is 5.81. The Morgan fingerprint density at radius 1 is 1.35 bits per heavy atom. The van der Waals surface area contributed by atoms with Gasteiger partial charge in [-0.2, -0.15) is 5.10 Å². The fourth-order valence-electron chi connectivity index (χ4n) is 2.81. The zero-order valence-electron chi connectivity index (χ0n) is 14.1. The Labute approximate surface area is 154 Å². The number of carbonyl (C=O) groups is 1. The zero-order valence-corrected chi connectivity index (χ0v) is 14.8. The van der Waals surface area contributed by atoms with Crippen LogP contribution >= 0.6 is 11.6 Å². The Balaban J connectivity index is 1.70. The van der Waals surface area contributed by atoms with Crippen LogP contribution in [0.1, 0.15) is 28.9 Å². The summed E-state index contributed by atoms with van der Waals surface area (Å²) >= 11 is 5.81. The number of benzene rings is 1. The smallest absolute Gasteiger partial charge is 0.288 e. The summed E-state index contributed by atoms with van der Waals surface area (Å²) in [6.07, 6.45) is 1.36. The Bertz CT molecular complexity index is 828. The van der Waals surface area contributed by atoms with Crippen molar-refractivity contribution < 1.29 is 14.5 Å². The Morgan fingerprint density at radius 2 is 2.15 bits per heavy atom. The molecular formula is C17H17ClN4O4. The molecule has 8 nitrogen and oxygen atoms in total. The SMILES string of the molecule is Cc1ccc(OC2CCCN(C(=O)c3ccc(Cl)c([N+](=O)[O-])c3)C2)nn1. The van der Waals surface area contributed by atoms with Gasteiger partial charge in [-0.05, 0) is 38.0 Å². The topological polar surface area (TPSA) is 98.5 Å². The van der Waals surface area contributed by atoms with Crippen molar-refractivity contribution in [3.05, 3.63) is 56.7 Å². The van der Waals surface area contributed by atoms with Crippen LogP contribution in [0.5, 0.6) is 5.88 Å². The minimum atomic E-state index is -0.600. The fourth-order valence-corrected chi connectivity index (χ4v) is 2.99. The minimum Gasteiger partial charge on any atom is -0.471 e. The van der Waals surface area contributed by atoms with Crippen molar-refractivity contribution in [1.82, 2.24) is 15.1 Å². The molecule has 2 heterocycles. The van der Waals surface area contributed by atoms with Crippen molar-refractivity contribution >= 4 is 23.2 Å². The molecule has 136 valence electrons. The predicted octanol–water partition coefficient (Wildman–Crippen LogP) is 3.03. The molecule has 0 aliphatic carbocycles. The molecule has 1 fully saturated rings. The lowest BCUT2D eigenvalue weighted by molar-refractivity contribution is -0.384. The van der Waals surface area contributed by atoms with Crippen LogP contribution in [-0.4, -0.2) is 45.1 Å². The van der Waals surface area contributed by atoms with Crippen LogP contribution in [-0.2, 0) is 0 Å². The lowest BCUT2D eigenvalue weighted by Gasteiger charge is -2.32. The molecule has 0 bridgehead atoms. The normalized spacial score (nSPS) is 17.0. The molecule has 2 aromatic rings. The number of rotatable bonds is 4. The van der Waals surface area contributed by atoms with E-state index in [1.54, 1.807) is 17.0 Å². The number of nitro benzene ring substituents is 1. The summed E-state index contributed by atoms with van der Waals surface area (Å²) in [5.41, 5.74) is 0.747. The summed E-state index contributed by atoms with van der Waals surface area (Å²) in [5, 5.41) is 18.9. The van der Waals surface area contributed by atoms with Crippen molar-refractivity contribution in [3.8, 4) is 5.88 Å². The highest BCUT2D eigenvalue weighted by atomic mass is 35.5. The number of halogens is 1. The third-order valence-corrected chi connectivity index (χ3v) is 4.44. The second kappa shape index (κ2) is 7.65. The van der Waals surface area contributed by atoms with Gasteiger partial charge in [0, 0.05) is 24.2 Å². The monoisotopic (exact) mass is 376 g/mol. The molecule has 0 saturated carbocycles. The van der Waals surface area contributed by atoms with Gasteiger partial charge in [-0.25, -0.2) is 0 Å². The number of likely N-dealkylation sites (tertiary alicyclic amines) is 1. The van der Waals surface area contributed by atoms with E-state index in [1.165, 1.54) is 18.2 Å². The molecule has 1 aromatic carbocycles. The maximum absolute atomic E-state index is 12.7. The number of aromatic nitrogens is 2. The van der Waals surface area contributed by atoms with Gasteiger partial charge in [0.25, 0.3) is 11.6 Å². The van der Waals surface area contributed by atoms with E-state index in [4.69, 9.17) is 16.3 Å². The number of hydrogen-bond acceptors (Lipinski definition) is 6. The molecule has 1 unspecified atom stereocenters. The molecule has 9 heteroatoms. The first-order valence-electron chi connectivity index (χ1n) is 8.14. The number of nitro groups is 1. The lowest BCUT2D eigenvalue weighted by Crippen LogP contribution is -2.44. The van der Waals surface area contributed by atoms with Crippen LogP contribution in [0.25, 0.3) is 0 Å². The maximum atomic E-state index is 12.7. The Kier molecular flexibility index (Phi) is 5.32. The van der Waals surface area contributed by atoms with E-state index in [9.17, 15) is 14.9 Å². The molecule has 1 saturated heterocycles. The number of amides is 1. The minimum absolute atomic E-state index is 0.00403. The van der Waals surface area contributed by atoms with Crippen LogP contribution in [0.2, 0.25) is 5.02 Å². The molecule has 1 aliphatic rings. The van der Waals surface area contributed by atoms with Gasteiger partial charge in [-0.3, -0.25) is 14.9 Å². The Morgan fingerprint density at radius 3 is 2.85 bits per heavy atom. The molecular weight excluding hydrogens is 360 g/mol. The number of carbonyl (C=O) groups excluding carboxylic acids is 1. The van der Waals surface area contributed by atoms with Gasteiger partial charge in [0.05, 0.1) is 17.2 Å². The van der Waals surface area contributed by atoms with Crippen LogP contribution in [0.3, 0.4) is 0 Å². The lowest BCUT2D eigenvalue weighted by atomic mass is 10.1. The molecule has 3 rings (SSSR count). The van der Waals surface area contributed by atoms with E-state index < -0.39 is 4.92 Å². The third-order valence-electron chi connectivity index (χ3n) is 4.12. The van der Waals surface area contributed by atoms with Gasteiger partial charge >= 0.3 is 0 Å². The zero-order chi connectivity index (χ0) is 18.7. The van der Waals surface area contributed by atoms with Crippen LogP contribution in [0.15, 0.2) is 30.3 Å². The molecule has 0 spiro atoms. The van der Waals surface area contributed by atoms with E-state index in [0.717, 1.165) is 18.5 Å². The number of nitrogens with zero attached hydrogens (tertiary/aromatic N) is 4. The van der Waals surface area contributed by atoms with Crippen molar-refractivity contribution in [2.45, 2.75) is 25.9 Å². The van der Waals surface area contributed by atoms with Crippen molar-refractivity contribution in [2.75, 3.05) is 13.1 Å². The Hall–Kier alpha value is -2.74. The van der Waals surface area contributed by atoms with E-state index in [0.29, 0.717) is 19.0 Å². The average molecular weight is 377 g/mol. The van der Waals surface area contributed by atoms with Gasteiger partial charge in [-0.1, -0.05) is 11.6 Å². The first-order valence-corrected chi connectivity index (χ1v) is 8.52. The number of aryl methyl sites for hydroxylation is 1. The van der Waals surface area contributed by atoms with Crippen LogP contribution in [0, 0.1) is 17.0 Å². The molecule has 26 heavy (non-hydrogen) atoms. The highest BCUT2D eigenvalue weighted by molar-refractivity contribution is 6.32. The van der Waals surface area contributed by atoms with E-state index in [2.05, 4.69) is 10.2 Å². The number of ether oxygens (including phenoxy) is 1. The first kappa shape index (κ1) is 18.1. The summed E-state index contributed by atoms with van der Waals surface area (Å²) in [7, 11) is 0. The van der Waals surface area contributed by atoms with Crippen LogP contribution in [0.4, 0.5) is 5.69 Å². The highest BCUT2D eigenvalue weighted by Gasteiger charge is 2.27. The molecule has 1 aliphatic heterocycles. The van der Waals surface area contributed by atoms with E-state index in [-0.39, 0.29) is 28.3 Å². The van der Waals surface area contributed by atoms with Gasteiger partial charge in [0.2, 0.25) is 5.88 Å². The predicted molar refractivity (Wildman–Crippen MR) is 94.4 cm³/mol. The quantitative estimate of drug-likeness (QED) is 0.600. The summed E-state index contributed by atoms with van der Waals surface area (Å²) in [6, 6.07) is 7.62. The summed E-state index contributed by atoms with van der Waals surface area (Å²) in [5.74, 6) is 0.130. The fraction of sp³-hybridized carbons (Fsp3) is 0.353. The molecule has 1 aromatic heterocycles. The molecule has 1 amide bonds. The highest BCUT2D eigenvalue weighted by Crippen LogP contribution is 2.26. The van der Waals surface area contributed by atoms with Crippen molar-refractivity contribution in [1.29, 1.82) is 0 Å². The largest absolute Gasteiger partial charge is 0.471 e. The number of hydrogen-bond donors (Lipinski definition) is 0. The van der Waals surface area contributed by atoms with Gasteiger partial charge in [0.1, 0.15) is 11.1 Å². The first-order chi connectivity index (χ1) is 12.4. The summed E-state index contributed by atoms with van der Waals surface area (Å²) in [6.45, 7) is 2.78. The molecule has 0 radical (unpaired) electrons. The third kappa shape index (κ3) is 4.08. The van der Waals surface area contributed by atoms with Gasteiger partial charge in [-0.15, -0.1) is 5.10 Å². The number of piperidine rings is 1. The second-order valence-electron chi connectivity index (χ2n) is 6.07. The standard InChI is InChI=1S/C17H17ClN4O4/c1-11-4-7-16(20-19-11)26-13-3-2-8-21(10-13)17(23)12-5-6-14(18)15(9-12)22(24)25/h4-7,9,13H,2-3,8,10H2,1H3. The van der Waals surface area contributed by atoms with Gasteiger partial charge in [0.15, 0.2) is 0 Å². The summed E-state index contributed by atoms with van der Waals surface area (Å²) in [4.78, 5) is 24.7. The van der Waals surface area contributed by atoms with E-state index >= 15 is 0 Å². The maximum Gasteiger partial charge on any atom is 0.288 e. The second-order valence-corrected chi connectivity index (χ2v) is 6.48. The van der Waals surface area contributed by atoms with Gasteiger partial charge < -0.3 is 9.64 Å². The molecule has 1 atom stereocenters. The molecule has 0 N–H and O–H groups in total. The van der Waals surface area contributed by atoms with Crippen molar-refractivity contribution in [2.24, 2.45) is 0 Å². The average Bonchev–Trinajstić information content (AvgIpc) is 2.63. The van der Waals surface area contributed by atoms with Crippen molar-refractivity contribution in [3.63, 3.8) is 0 Å².